The van der Waals surface area contributed by atoms with Gasteiger partial charge in [-0.3, -0.25) is 24.0 Å². The molecule has 0 radical (unpaired) electrons. The molecular weight excluding hydrogens is 478 g/mol. The Morgan fingerprint density at radius 1 is 0.833 bits per heavy atom. The van der Waals surface area contributed by atoms with Crippen LogP contribution in [0.2, 0.25) is 0 Å². The zero-order valence-corrected chi connectivity index (χ0v) is 19.2. The number of carbonyl (C=O) groups excluding carboxylic acids is 3. The van der Waals surface area contributed by atoms with E-state index in [4.69, 9.17) is 10.8 Å². The Balaban J connectivity index is 2.20. The van der Waals surface area contributed by atoms with Crippen LogP contribution in [0.5, 0.6) is 0 Å². The summed E-state index contributed by atoms with van der Waals surface area (Å²) in [6.45, 7) is 1.30. The molecule has 36 heavy (non-hydrogen) atoms. The van der Waals surface area contributed by atoms with Gasteiger partial charge in [0.15, 0.2) is 0 Å². The van der Waals surface area contributed by atoms with Gasteiger partial charge in [-0.25, -0.2) is 4.79 Å². The SMILES string of the molecule is CC(N)C(=O)NC(CC(=O)O)C(=O)NC(CC(=O)O)C(=O)NC(Cc1c[nH]c2ccccc12)C(=O)O. The molecule has 0 aliphatic carbocycles. The molecule has 9 N–H and O–H groups in total. The first-order chi connectivity index (χ1) is 16.9. The molecule has 1 aromatic carbocycles. The summed E-state index contributed by atoms with van der Waals surface area (Å²) in [5, 5.41) is 35.0. The summed E-state index contributed by atoms with van der Waals surface area (Å²) < 4.78 is 0. The van der Waals surface area contributed by atoms with E-state index in [9.17, 15) is 39.0 Å². The van der Waals surface area contributed by atoms with Crippen molar-refractivity contribution in [3.8, 4) is 0 Å². The maximum Gasteiger partial charge on any atom is 0.326 e. The summed E-state index contributed by atoms with van der Waals surface area (Å²) in [6.07, 6.45) is -0.367. The minimum atomic E-state index is -1.76. The lowest BCUT2D eigenvalue weighted by atomic mass is 10.0. The second kappa shape index (κ2) is 12.3. The van der Waals surface area contributed by atoms with E-state index in [1.54, 1.807) is 30.5 Å². The Hall–Kier alpha value is -4.46. The molecule has 0 spiro atoms. The van der Waals surface area contributed by atoms with Gasteiger partial charge in [-0.1, -0.05) is 18.2 Å². The zero-order valence-electron chi connectivity index (χ0n) is 19.2. The average Bonchev–Trinajstić information content (AvgIpc) is 3.19. The lowest BCUT2D eigenvalue weighted by Crippen LogP contribution is -2.57. The Kier molecular flexibility index (Phi) is 9.50. The highest BCUT2D eigenvalue weighted by Gasteiger charge is 2.32. The van der Waals surface area contributed by atoms with Crippen LogP contribution in [0.4, 0.5) is 0 Å². The van der Waals surface area contributed by atoms with Crippen molar-refractivity contribution in [2.24, 2.45) is 5.73 Å². The summed E-state index contributed by atoms with van der Waals surface area (Å²) >= 11 is 0. The molecule has 2 rings (SSSR count). The number of nitrogens with two attached hydrogens (primary N) is 1. The number of aromatic amines is 1. The molecular formula is C22H27N5O9. The van der Waals surface area contributed by atoms with Crippen molar-refractivity contribution in [2.75, 3.05) is 0 Å². The van der Waals surface area contributed by atoms with Gasteiger partial charge in [0.05, 0.1) is 18.9 Å². The molecule has 4 atom stereocenters. The summed E-state index contributed by atoms with van der Waals surface area (Å²) in [7, 11) is 0. The van der Waals surface area contributed by atoms with E-state index in [0.29, 0.717) is 5.56 Å². The molecule has 0 aliphatic heterocycles. The van der Waals surface area contributed by atoms with Crippen LogP contribution in [-0.2, 0) is 35.2 Å². The molecule has 1 heterocycles. The van der Waals surface area contributed by atoms with Gasteiger partial charge in [0.1, 0.15) is 18.1 Å². The molecule has 14 nitrogen and oxygen atoms in total. The van der Waals surface area contributed by atoms with Gasteiger partial charge in [0.2, 0.25) is 17.7 Å². The van der Waals surface area contributed by atoms with Crippen molar-refractivity contribution < 1.29 is 44.1 Å². The number of para-hydroxylation sites is 1. The number of carbonyl (C=O) groups is 6. The van der Waals surface area contributed by atoms with Crippen LogP contribution in [0.3, 0.4) is 0 Å². The lowest BCUT2D eigenvalue weighted by Gasteiger charge is -2.23. The number of carboxylic acid groups (broad SMARTS) is 3. The van der Waals surface area contributed by atoms with Crippen LogP contribution < -0.4 is 21.7 Å². The van der Waals surface area contributed by atoms with Gasteiger partial charge in [0.25, 0.3) is 0 Å². The van der Waals surface area contributed by atoms with Gasteiger partial charge >= 0.3 is 17.9 Å². The monoisotopic (exact) mass is 505 g/mol. The summed E-state index contributed by atoms with van der Waals surface area (Å²) in [5.41, 5.74) is 6.74. The quantitative estimate of drug-likeness (QED) is 0.157. The largest absolute Gasteiger partial charge is 0.481 e. The fourth-order valence-corrected chi connectivity index (χ4v) is 3.34. The van der Waals surface area contributed by atoms with Gasteiger partial charge in [0, 0.05) is 23.5 Å². The zero-order chi connectivity index (χ0) is 27.0. The summed E-state index contributed by atoms with van der Waals surface area (Å²) in [5.74, 6) is -7.47. The third-order valence-electron chi connectivity index (χ3n) is 5.15. The van der Waals surface area contributed by atoms with Crippen LogP contribution in [-0.4, -0.2) is 80.1 Å². The van der Waals surface area contributed by atoms with E-state index >= 15 is 0 Å². The molecule has 0 bridgehead atoms. The van der Waals surface area contributed by atoms with Gasteiger partial charge in [-0.2, -0.15) is 0 Å². The van der Waals surface area contributed by atoms with E-state index in [2.05, 4.69) is 20.9 Å². The van der Waals surface area contributed by atoms with Gasteiger partial charge < -0.3 is 42.0 Å². The van der Waals surface area contributed by atoms with Crippen LogP contribution >= 0.6 is 0 Å². The van der Waals surface area contributed by atoms with Crippen molar-refractivity contribution in [3.05, 3.63) is 36.0 Å². The molecule has 0 saturated heterocycles. The normalized spacial score (nSPS) is 14.2. The predicted octanol–water partition coefficient (Wildman–Crippen LogP) is -1.45. The Morgan fingerprint density at radius 3 is 1.83 bits per heavy atom. The molecule has 0 aliphatic rings. The van der Waals surface area contributed by atoms with Gasteiger partial charge in [-0.05, 0) is 18.6 Å². The standard InChI is InChI=1S/C22H27N5O9/c1-10(23)19(32)25-14(7-17(28)29)20(33)26-15(8-18(30)31)21(34)27-16(22(35)36)6-11-9-24-13-5-3-2-4-12(11)13/h2-5,9-10,14-16,24H,6-8,23H2,1H3,(H,25,32)(H,26,33)(H,27,34)(H,28,29)(H,30,31)(H,35,36). The number of nitrogens with one attached hydrogen (secondary N) is 4. The van der Waals surface area contributed by atoms with E-state index in [1.807, 2.05) is 0 Å². The average molecular weight is 505 g/mol. The highest BCUT2D eigenvalue weighted by Crippen LogP contribution is 2.19. The van der Waals surface area contributed by atoms with E-state index in [1.165, 1.54) is 6.92 Å². The lowest BCUT2D eigenvalue weighted by molar-refractivity contribution is -0.144. The first-order valence-electron chi connectivity index (χ1n) is 10.8. The van der Waals surface area contributed by atoms with Crippen molar-refractivity contribution in [1.82, 2.24) is 20.9 Å². The van der Waals surface area contributed by atoms with Crippen LogP contribution in [0.25, 0.3) is 10.9 Å². The molecule has 2 aromatic rings. The number of rotatable bonds is 13. The van der Waals surface area contributed by atoms with Crippen molar-refractivity contribution in [1.29, 1.82) is 0 Å². The minimum Gasteiger partial charge on any atom is -0.481 e. The first kappa shape index (κ1) is 27.8. The van der Waals surface area contributed by atoms with Gasteiger partial charge in [-0.15, -0.1) is 0 Å². The minimum absolute atomic E-state index is 0.148. The molecule has 0 fully saturated rings. The topological polar surface area (TPSA) is 241 Å². The third kappa shape index (κ3) is 7.80. The number of benzene rings is 1. The fraction of sp³-hybridized carbons (Fsp3) is 0.364. The molecule has 0 saturated carbocycles. The maximum absolute atomic E-state index is 12.8. The highest BCUT2D eigenvalue weighted by molar-refractivity contribution is 5.97. The Bertz CT molecular complexity index is 1160. The summed E-state index contributed by atoms with van der Waals surface area (Å²) in [4.78, 5) is 74.5. The predicted molar refractivity (Wildman–Crippen MR) is 124 cm³/mol. The fourth-order valence-electron chi connectivity index (χ4n) is 3.34. The molecule has 3 amide bonds. The molecule has 194 valence electrons. The first-order valence-corrected chi connectivity index (χ1v) is 10.8. The highest BCUT2D eigenvalue weighted by atomic mass is 16.4. The number of H-pyrrole nitrogens is 1. The number of hydrogen-bond donors (Lipinski definition) is 8. The van der Waals surface area contributed by atoms with Crippen molar-refractivity contribution >= 4 is 46.5 Å². The van der Waals surface area contributed by atoms with Crippen LogP contribution in [0, 0.1) is 0 Å². The number of amides is 3. The van der Waals surface area contributed by atoms with Crippen LogP contribution in [0.15, 0.2) is 30.5 Å². The third-order valence-corrected chi connectivity index (χ3v) is 5.15. The van der Waals surface area contributed by atoms with E-state index in [-0.39, 0.29) is 6.42 Å². The number of aromatic nitrogens is 1. The molecule has 4 unspecified atom stereocenters. The second-order valence-electron chi connectivity index (χ2n) is 8.07. The second-order valence-corrected chi connectivity index (χ2v) is 8.07. The van der Waals surface area contributed by atoms with Crippen molar-refractivity contribution in [2.45, 2.75) is 50.4 Å². The smallest absolute Gasteiger partial charge is 0.326 e. The molecule has 14 heteroatoms. The van der Waals surface area contributed by atoms with E-state index in [0.717, 1.165) is 10.9 Å². The van der Waals surface area contributed by atoms with E-state index < -0.39 is 72.6 Å². The summed E-state index contributed by atoms with van der Waals surface area (Å²) in [6, 6.07) is 1.11. The number of hydrogen-bond acceptors (Lipinski definition) is 7. The van der Waals surface area contributed by atoms with Crippen LogP contribution in [0.1, 0.15) is 25.3 Å². The Labute approximate surface area is 204 Å². The van der Waals surface area contributed by atoms with Crippen molar-refractivity contribution in [3.63, 3.8) is 0 Å². The Morgan fingerprint density at radius 2 is 1.33 bits per heavy atom. The number of aliphatic carboxylic acids is 3. The maximum atomic E-state index is 12.8. The number of fused-ring (bicyclic) bond motifs is 1. The molecule has 1 aromatic heterocycles. The number of carboxylic acids is 3.